The maximum absolute atomic E-state index is 12.4. The summed E-state index contributed by atoms with van der Waals surface area (Å²) in [6.07, 6.45) is 0. The Morgan fingerprint density at radius 1 is 1.28 bits per heavy atom. The zero-order chi connectivity index (χ0) is 18.4. The van der Waals surface area contributed by atoms with Crippen molar-refractivity contribution < 1.29 is 4.79 Å². The molecule has 1 heterocycles. The summed E-state index contributed by atoms with van der Waals surface area (Å²) in [5, 5.41) is 11.0. The van der Waals surface area contributed by atoms with E-state index in [0.717, 1.165) is 31.4 Å². The number of rotatable bonds is 8. The fourth-order valence-corrected chi connectivity index (χ4v) is 4.79. The van der Waals surface area contributed by atoms with Crippen LogP contribution in [0.25, 0.3) is 0 Å². The van der Waals surface area contributed by atoms with Crippen molar-refractivity contribution in [1.82, 2.24) is 10.2 Å². The molecule has 0 aliphatic heterocycles. The number of aromatic nitrogens is 2. The van der Waals surface area contributed by atoms with Gasteiger partial charge in [0.1, 0.15) is 0 Å². The standard InChI is InChI=1S/C17H22N4OS3/c1-11(2)10-23-16-19-20-17(25-16)24-12(3)15(22)18-13-6-8-14(9-7-13)21(4)5/h6-9,12H,1,10H2,2-5H3,(H,18,22). The van der Waals surface area contributed by atoms with Crippen LogP contribution in [0.3, 0.4) is 0 Å². The maximum Gasteiger partial charge on any atom is 0.237 e. The van der Waals surface area contributed by atoms with Crippen molar-refractivity contribution in [3.05, 3.63) is 36.4 Å². The Morgan fingerprint density at radius 2 is 1.92 bits per heavy atom. The fourth-order valence-electron chi connectivity index (χ4n) is 1.78. The third-order valence-corrected chi connectivity index (χ3v) is 6.60. The summed E-state index contributed by atoms with van der Waals surface area (Å²) in [4.78, 5) is 14.4. The molecule has 0 aliphatic rings. The summed E-state index contributed by atoms with van der Waals surface area (Å²) in [5.74, 6) is 0.784. The SMILES string of the molecule is C=C(C)CSc1nnc(SC(C)C(=O)Nc2ccc(N(C)C)cc2)s1. The number of thioether (sulfide) groups is 2. The molecule has 0 spiro atoms. The lowest BCUT2D eigenvalue weighted by atomic mass is 10.2. The van der Waals surface area contributed by atoms with Crippen molar-refractivity contribution >= 4 is 52.1 Å². The van der Waals surface area contributed by atoms with E-state index in [1.165, 1.54) is 23.1 Å². The van der Waals surface area contributed by atoms with Crippen LogP contribution in [0.5, 0.6) is 0 Å². The zero-order valence-corrected chi connectivity index (χ0v) is 17.2. The van der Waals surface area contributed by atoms with Crippen LogP contribution in [0, 0.1) is 0 Å². The van der Waals surface area contributed by atoms with E-state index in [1.807, 2.05) is 57.1 Å². The van der Waals surface area contributed by atoms with Crippen LogP contribution in [0.2, 0.25) is 0 Å². The quantitative estimate of drug-likeness (QED) is 0.529. The number of carbonyl (C=O) groups excluding carboxylic acids is 1. The van der Waals surface area contributed by atoms with E-state index in [4.69, 9.17) is 0 Å². The Bertz CT molecular complexity index is 728. The Hall–Kier alpha value is -1.51. The number of anilines is 2. The summed E-state index contributed by atoms with van der Waals surface area (Å²) in [5.41, 5.74) is 2.98. The third-order valence-electron chi connectivity index (χ3n) is 3.13. The van der Waals surface area contributed by atoms with Gasteiger partial charge in [-0.3, -0.25) is 4.79 Å². The molecule has 1 unspecified atom stereocenters. The van der Waals surface area contributed by atoms with Crippen molar-refractivity contribution in [3.8, 4) is 0 Å². The van der Waals surface area contributed by atoms with Gasteiger partial charge in [-0.1, -0.05) is 47.0 Å². The molecule has 1 N–H and O–H groups in total. The van der Waals surface area contributed by atoms with Crippen LogP contribution < -0.4 is 10.2 Å². The maximum atomic E-state index is 12.4. The smallest absolute Gasteiger partial charge is 0.237 e. The Kier molecular flexibility index (Phi) is 7.34. The predicted molar refractivity (Wildman–Crippen MR) is 110 cm³/mol. The first-order valence-electron chi connectivity index (χ1n) is 7.70. The summed E-state index contributed by atoms with van der Waals surface area (Å²) in [7, 11) is 3.97. The van der Waals surface area contributed by atoms with Crippen LogP contribution >= 0.6 is 34.9 Å². The van der Waals surface area contributed by atoms with Crippen molar-refractivity contribution in [1.29, 1.82) is 0 Å². The van der Waals surface area contributed by atoms with E-state index in [0.29, 0.717) is 0 Å². The second kappa shape index (κ2) is 9.26. The molecule has 5 nitrogen and oxygen atoms in total. The summed E-state index contributed by atoms with van der Waals surface area (Å²) in [6.45, 7) is 7.74. The third kappa shape index (κ3) is 6.37. The van der Waals surface area contributed by atoms with Gasteiger partial charge in [0.25, 0.3) is 0 Å². The van der Waals surface area contributed by atoms with Gasteiger partial charge < -0.3 is 10.2 Å². The first-order valence-corrected chi connectivity index (χ1v) is 10.4. The van der Waals surface area contributed by atoms with Crippen molar-refractivity contribution in [3.63, 3.8) is 0 Å². The van der Waals surface area contributed by atoms with Gasteiger partial charge in [0, 0.05) is 31.2 Å². The lowest BCUT2D eigenvalue weighted by Crippen LogP contribution is -2.22. The number of benzene rings is 1. The number of nitrogens with zero attached hydrogens (tertiary/aromatic N) is 3. The van der Waals surface area contributed by atoms with Crippen LogP contribution in [-0.2, 0) is 4.79 Å². The molecule has 8 heteroatoms. The Balaban J connectivity index is 1.88. The largest absolute Gasteiger partial charge is 0.378 e. The van der Waals surface area contributed by atoms with Gasteiger partial charge in [-0.15, -0.1) is 10.2 Å². The van der Waals surface area contributed by atoms with Gasteiger partial charge in [-0.05, 0) is 38.1 Å². The monoisotopic (exact) mass is 394 g/mol. The minimum absolute atomic E-state index is 0.0473. The highest BCUT2D eigenvalue weighted by atomic mass is 32.2. The molecule has 1 amide bonds. The van der Waals surface area contributed by atoms with Crippen molar-refractivity contribution in [2.45, 2.75) is 27.8 Å². The topological polar surface area (TPSA) is 58.1 Å². The van der Waals surface area contributed by atoms with Crippen LogP contribution in [-0.4, -0.2) is 41.2 Å². The first kappa shape index (κ1) is 19.8. The van der Waals surface area contributed by atoms with Gasteiger partial charge in [0.05, 0.1) is 5.25 Å². The highest BCUT2D eigenvalue weighted by molar-refractivity contribution is 8.04. The Labute approximate surface area is 161 Å². The molecule has 0 fully saturated rings. The van der Waals surface area contributed by atoms with Crippen LogP contribution in [0.4, 0.5) is 11.4 Å². The van der Waals surface area contributed by atoms with Gasteiger partial charge in [-0.25, -0.2) is 0 Å². The lowest BCUT2D eigenvalue weighted by molar-refractivity contribution is -0.115. The molecular weight excluding hydrogens is 372 g/mol. The number of amides is 1. The molecule has 0 bridgehead atoms. The number of hydrogen-bond acceptors (Lipinski definition) is 7. The summed E-state index contributed by atoms with van der Waals surface area (Å²) < 4.78 is 1.70. The van der Waals surface area contributed by atoms with E-state index in [2.05, 4.69) is 22.1 Å². The average molecular weight is 395 g/mol. The first-order chi connectivity index (χ1) is 11.8. The molecule has 0 saturated carbocycles. The van der Waals surface area contributed by atoms with E-state index < -0.39 is 0 Å². The van der Waals surface area contributed by atoms with Crippen LogP contribution in [0.15, 0.2) is 45.1 Å². The minimum atomic E-state index is -0.250. The minimum Gasteiger partial charge on any atom is -0.378 e. The number of carbonyl (C=O) groups is 1. The van der Waals surface area contributed by atoms with Gasteiger partial charge in [0.2, 0.25) is 5.91 Å². The molecule has 25 heavy (non-hydrogen) atoms. The summed E-state index contributed by atoms with van der Waals surface area (Å²) >= 11 is 4.55. The summed E-state index contributed by atoms with van der Waals surface area (Å²) in [6, 6.07) is 7.76. The normalized spacial score (nSPS) is 11.8. The molecule has 0 aliphatic carbocycles. The highest BCUT2D eigenvalue weighted by Crippen LogP contribution is 2.32. The highest BCUT2D eigenvalue weighted by Gasteiger charge is 2.17. The lowest BCUT2D eigenvalue weighted by Gasteiger charge is -2.14. The number of nitrogens with one attached hydrogen (secondary N) is 1. The van der Waals surface area contributed by atoms with Crippen LogP contribution in [0.1, 0.15) is 13.8 Å². The molecule has 1 aromatic heterocycles. The van der Waals surface area contributed by atoms with E-state index in [9.17, 15) is 4.79 Å². The second-order valence-electron chi connectivity index (χ2n) is 5.77. The second-order valence-corrected chi connectivity index (χ2v) is 9.56. The van der Waals surface area contributed by atoms with E-state index in [-0.39, 0.29) is 11.2 Å². The zero-order valence-electron chi connectivity index (χ0n) is 14.8. The fraction of sp³-hybridized carbons (Fsp3) is 0.353. The number of hydrogen-bond donors (Lipinski definition) is 1. The molecule has 0 saturated heterocycles. The van der Waals surface area contributed by atoms with Gasteiger partial charge >= 0.3 is 0 Å². The van der Waals surface area contributed by atoms with E-state index >= 15 is 0 Å². The van der Waals surface area contributed by atoms with E-state index in [1.54, 1.807) is 11.8 Å². The van der Waals surface area contributed by atoms with Gasteiger partial charge in [0.15, 0.2) is 8.68 Å². The van der Waals surface area contributed by atoms with Gasteiger partial charge in [-0.2, -0.15) is 0 Å². The average Bonchev–Trinajstić information content (AvgIpc) is 3.00. The predicted octanol–water partition coefficient (Wildman–Crippen LogP) is 4.39. The molecule has 1 aromatic carbocycles. The molecule has 1 atom stereocenters. The van der Waals surface area contributed by atoms with Crippen molar-refractivity contribution in [2.75, 3.05) is 30.1 Å². The molecule has 0 radical (unpaired) electrons. The Morgan fingerprint density at radius 3 is 2.52 bits per heavy atom. The molecular formula is C17H22N4OS3. The molecule has 134 valence electrons. The molecule has 2 aromatic rings. The van der Waals surface area contributed by atoms with Crippen molar-refractivity contribution in [2.24, 2.45) is 0 Å². The molecule has 2 rings (SSSR count).